The van der Waals surface area contributed by atoms with Crippen LogP contribution >= 0.6 is 23.2 Å². The number of aromatic nitrogens is 1. The van der Waals surface area contributed by atoms with E-state index >= 15 is 0 Å². The number of aromatic carboxylic acids is 1. The summed E-state index contributed by atoms with van der Waals surface area (Å²) in [5, 5.41) is 11.0. The number of carboxylic acids is 1. The minimum atomic E-state index is -0.933. The molecule has 0 saturated carbocycles. The van der Waals surface area contributed by atoms with E-state index in [0.29, 0.717) is 10.0 Å². The maximum atomic E-state index is 10.9. The summed E-state index contributed by atoms with van der Waals surface area (Å²) < 4.78 is 2.01. The van der Waals surface area contributed by atoms with Gasteiger partial charge in [-0.15, -0.1) is 0 Å². The largest absolute Gasteiger partial charge is 0.478 e. The Morgan fingerprint density at radius 2 is 1.67 bits per heavy atom. The molecule has 0 amide bonds. The molecule has 0 aliphatic carbocycles. The second-order valence-electron chi connectivity index (χ2n) is 4.80. The van der Waals surface area contributed by atoms with Gasteiger partial charge in [0.25, 0.3) is 0 Å². The molecule has 0 saturated heterocycles. The number of benzene rings is 2. The van der Waals surface area contributed by atoms with Crippen LogP contribution in [0.5, 0.6) is 0 Å². The average Bonchev–Trinajstić information content (AvgIpc) is 2.77. The molecule has 106 valence electrons. The molecule has 5 heteroatoms. The van der Waals surface area contributed by atoms with E-state index in [-0.39, 0.29) is 5.56 Å². The first-order valence-electron chi connectivity index (χ1n) is 6.25. The van der Waals surface area contributed by atoms with Crippen molar-refractivity contribution in [1.82, 2.24) is 4.57 Å². The first kappa shape index (κ1) is 14.0. The Hall–Kier alpha value is -1.97. The summed E-state index contributed by atoms with van der Waals surface area (Å²) in [6, 6.07) is 12.4. The number of halogens is 2. The molecule has 0 bridgehead atoms. The number of nitrogens with zero attached hydrogens (tertiary/aromatic N) is 1. The molecule has 3 aromatic rings. The van der Waals surface area contributed by atoms with Crippen LogP contribution in [0.2, 0.25) is 10.0 Å². The summed E-state index contributed by atoms with van der Waals surface area (Å²) in [6.07, 6.45) is 0. The summed E-state index contributed by atoms with van der Waals surface area (Å²) >= 11 is 12.1. The van der Waals surface area contributed by atoms with Gasteiger partial charge in [0.2, 0.25) is 0 Å². The Morgan fingerprint density at radius 3 is 2.29 bits per heavy atom. The van der Waals surface area contributed by atoms with Crippen molar-refractivity contribution in [3.8, 4) is 11.3 Å². The fraction of sp³-hybridized carbons (Fsp3) is 0.0625. The molecule has 0 fully saturated rings. The third-order valence-corrected chi connectivity index (χ3v) is 4.23. The van der Waals surface area contributed by atoms with Gasteiger partial charge in [-0.3, -0.25) is 0 Å². The summed E-state index contributed by atoms with van der Waals surface area (Å²) in [5.74, 6) is -0.933. The monoisotopic (exact) mass is 319 g/mol. The van der Waals surface area contributed by atoms with Crippen LogP contribution in [0, 0.1) is 0 Å². The van der Waals surface area contributed by atoms with Crippen LogP contribution in [0.15, 0.2) is 42.5 Å². The van der Waals surface area contributed by atoms with Gasteiger partial charge in [0.1, 0.15) is 0 Å². The van der Waals surface area contributed by atoms with E-state index in [1.54, 1.807) is 24.3 Å². The highest BCUT2D eigenvalue weighted by atomic mass is 35.5. The summed E-state index contributed by atoms with van der Waals surface area (Å²) in [4.78, 5) is 10.9. The van der Waals surface area contributed by atoms with Crippen molar-refractivity contribution in [2.24, 2.45) is 7.05 Å². The van der Waals surface area contributed by atoms with Crippen LogP contribution in [0.4, 0.5) is 0 Å². The maximum absolute atomic E-state index is 10.9. The van der Waals surface area contributed by atoms with E-state index in [1.807, 2.05) is 29.8 Å². The Labute approximate surface area is 131 Å². The van der Waals surface area contributed by atoms with Crippen molar-refractivity contribution in [1.29, 1.82) is 0 Å². The van der Waals surface area contributed by atoms with E-state index in [2.05, 4.69) is 0 Å². The Bertz CT molecular complexity index is 851. The highest BCUT2D eigenvalue weighted by molar-refractivity contribution is 6.42. The molecule has 0 unspecified atom stereocenters. The van der Waals surface area contributed by atoms with Gasteiger partial charge in [0, 0.05) is 23.6 Å². The highest BCUT2D eigenvalue weighted by Gasteiger charge is 2.11. The normalized spacial score (nSPS) is 11.0. The van der Waals surface area contributed by atoms with Crippen LogP contribution in [0.1, 0.15) is 10.4 Å². The number of hydrogen-bond donors (Lipinski definition) is 1. The van der Waals surface area contributed by atoms with Crippen LogP contribution in [-0.2, 0) is 7.05 Å². The molecule has 0 spiro atoms. The van der Waals surface area contributed by atoms with Crippen molar-refractivity contribution in [2.45, 2.75) is 0 Å². The van der Waals surface area contributed by atoms with Crippen LogP contribution in [-0.4, -0.2) is 15.6 Å². The van der Waals surface area contributed by atoms with Gasteiger partial charge < -0.3 is 9.67 Å². The zero-order valence-corrected chi connectivity index (χ0v) is 12.6. The van der Waals surface area contributed by atoms with Crippen molar-refractivity contribution in [2.75, 3.05) is 0 Å². The second-order valence-corrected chi connectivity index (χ2v) is 5.61. The SMILES string of the molecule is Cn1c(-c2ccc(C(=O)O)cc2)cc2cc(Cl)c(Cl)cc21. The van der Waals surface area contributed by atoms with Gasteiger partial charge in [-0.2, -0.15) is 0 Å². The average molecular weight is 320 g/mol. The molecule has 21 heavy (non-hydrogen) atoms. The number of aryl methyl sites for hydroxylation is 1. The summed E-state index contributed by atoms with van der Waals surface area (Å²) in [6.45, 7) is 0. The van der Waals surface area contributed by atoms with Gasteiger partial charge >= 0.3 is 5.97 Å². The lowest BCUT2D eigenvalue weighted by molar-refractivity contribution is 0.0697. The zero-order valence-electron chi connectivity index (χ0n) is 11.1. The zero-order chi connectivity index (χ0) is 15.1. The van der Waals surface area contributed by atoms with Gasteiger partial charge in [-0.25, -0.2) is 4.79 Å². The number of carboxylic acid groups (broad SMARTS) is 1. The maximum Gasteiger partial charge on any atom is 0.335 e. The molecule has 2 aromatic carbocycles. The third-order valence-electron chi connectivity index (χ3n) is 3.51. The lowest BCUT2D eigenvalue weighted by Crippen LogP contribution is -1.96. The smallest absolute Gasteiger partial charge is 0.335 e. The highest BCUT2D eigenvalue weighted by Crippen LogP contribution is 2.33. The van der Waals surface area contributed by atoms with Crippen LogP contribution < -0.4 is 0 Å². The fourth-order valence-corrected chi connectivity index (χ4v) is 2.72. The van der Waals surface area contributed by atoms with Crippen LogP contribution in [0.3, 0.4) is 0 Å². The first-order chi connectivity index (χ1) is 9.97. The van der Waals surface area contributed by atoms with E-state index in [0.717, 1.165) is 22.2 Å². The quantitative estimate of drug-likeness (QED) is 0.733. The molecule has 3 rings (SSSR count). The van der Waals surface area contributed by atoms with Crippen molar-refractivity contribution >= 4 is 40.1 Å². The Morgan fingerprint density at radius 1 is 1.05 bits per heavy atom. The van der Waals surface area contributed by atoms with E-state index in [4.69, 9.17) is 28.3 Å². The molecule has 1 heterocycles. The molecule has 0 radical (unpaired) electrons. The van der Waals surface area contributed by atoms with E-state index < -0.39 is 5.97 Å². The molecule has 1 aromatic heterocycles. The Balaban J connectivity index is 2.16. The number of hydrogen-bond acceptors (Lipinski definition) is 1. The molecular weight excluding hydrogens is 309 g/mol. The predicted octanol–water partition coefficient (Wildman–Crippen LogP) is 4.85. The second kappa shape index (κ2) is 5.10. The van der Waals surface area contributed by atoms with Gasteiger partial charge in [-0.1, -0.05) is 35.3 Å². The predicted molar refractivity (Wildman–Crippen MR) is 85.3 cm³/mol. The number of fused-ring (bicyclic) bond motifs is 1. The van der Waals surface area contributed by atoms with Gasteiger partial charge in [0.05, 0.1) is 15.6 Å². The van der Waals surface area contributed by atoms with E-state index in [9.17, 15) is 4.79 Å². The standard InChI is InChI=1S/C16H11Cl2NO2/c1-19-14(9-2-4-10(5-3-9)16(20)21)7-11-6-12(17)13(18)8-15(11)19/h2-8H,1H3,(H,20,21). The van der Waals surface area contributed by atoms with Gasteiger partial charge in [-0.05, 0) is 35.9 Å². The minimum absolute atomic E-state index is 0.267. The Kier molecular flexibility index (Phi) is 3.40. The molecule has 1 N–H and O–H groups in total. The molecule has 0 atom stereocenters. The third kappa shape index (κ3) is 2.39. The first-order valence-corrected chi connectivity index (χ1v) is 7.01. The molecular formula is C16H11Cl2NO2. The molecule has 3 nitrogen and oxygen atoms in total. The van der Waals surface area contributed by atoms with Crippen molar-refractivity contribution in [3.05, 3.63) is 58.1 Å². The van der Waals surface area contributed by atoms with E-state index in [1.165, 1.54) is 0 Å². The van der Waals surface area contributed by atoms with Crippen LogP contribution in [0.25, 0.3) is 22.2 Å². The number of rotatable bonds is 2. The van der Waals surface area contributed by atoms with Gasteiger partial charge in [0.15, 0.2) is 0 Å². The lowest BCUT2D eigenvalue weighted by atomic mass is 10.1. The number of carbonyl (C=O) groups is 1. The minimum Gasteiger partial charge on any atom is -0.478 e. The molecule has 0 aliphatic heterocycles. The summed E-state index contributed by atoms with van der Waals surface area (Å²) in [7, 11) is 1.94. The topological polar surface area (TPSA) is 42.2 Å². The summed E-state index contributed by atoms with van der Waals surface area (Å²) in [5.41, 5.74) is 3.15. The lowest BCUT2D eigenvalue weighted by Gasteiger charge is -2.05. The molecule has 0 aliphatic rings. The van der Waals surface area contributed by atoms with Crippen molar-refractivity contribution in [3.63, 3.8) is 0 Å². The van der Waals surface area contributed by atoms with Crippen molar-refractivity contribution < 1.29 is 9.90 Å². The fourth-order valence-electron chi connectivity index (χ4n) is 2.39.